The molecule has 176 valence electrons. The summed E-state index contributed by atoms with van der Waals surface area (Å²) >= 11 is -0.750. The zero-order valence-electron chi connectivity index (χ0n) is 18.9. The standard InChI is InChI=1S/C23H22N4O4.O2S/c1-14-5-7-16(8-6-14)30-18-11-15(22(28)24-21-9-10-27(4)25-21)12-19-17(18)13-20(31-19)23(29)26(2)3;1-3-2/h5-13H,1-4H3,(H,24,25,28);. The van der Waals surface area contributed by atoms with Crippen molar-refractivity contribution < 1.29 is 27.2 Å². The first-order valence-corrected chi connectivity index (χ1v) is 10.6. The number of amides is 2. The molecule has 2 amide bonds. The van der Waals surface area contributed by atoms with Gasteiger partial charge in [-0.25, -0.2) is 0 Å². The van der Waals surface area contributed by atoms with Crippen LogP contribution < -0.4 is 10.1 Å². The SMILES string of the molecule is Cc1ccc(Oc2cc(C(=O)Nc3ccn(C)n3)cc3oc(C(=O)N(C)C)cc23)cc1.O=S=O. The number of hydrogen-bond acceptors (Lipinski definition) is 7. The highest BCUT2D eigenvalue weighted by Gasteiger charge is 2.20. The quantitative estimate of drug-likeness (QED) is 0.461. The number of aryl methyl sites for hydroxylation is 2. The molecule has 0 fully saturated rings. The molecule has 0 aliphatic heterocycles. The highest BCUT2D eigenvalue weighted by atomic mass is 32.1. The molecule has 0 bridgehead atoms. The van der Waals surface area contributed by atoms with Gasteiger partial charge in [-0.05, 0) is 31.2 Å². The molecule has 34 heavy (non-hydrogen) atoms. The van der Waals surface area contributed by atoms with Gasteiger partial charge in [-0.1, -0.05) is 17.7 Å². The van der Waals surface area contributed by atoms with Crippen molar-refractivity contribution in [2.75, 3.05) is 19.4 Å². The van der Waals surface area contributed by atoms with Crippen LogP contribution in [0.5, 0.6) is 11.5 Å². The van der Waals surface area contributed by atoms with E-state index in [-0.39, 0.29) is 17.6 Å². The van der Waals surface area contributed by atoms with Gasteiger partial charge in [0.25, 0.3) is 11.8 Å². The second-order valence-electron chi connectivity index (χ2n) is 7.51. The molecule has 1 N–H and O–H groups in total. The number of ether oxygens (including phenoxy) is 1. The summed E-state index contributed by atoms with van der Waals surface area (Å²) in [5.41, 5.74) is 1.79. The molecule has 0 unspecified atom stereocenters. The average Bonchev–Trinajstić information content (AvgIpc) is 3.41. The maximum Gasteiger partial charge on any atom is 0.335 e. The number of nitrogens with one attached hydrogen (secondary N) is 1. The fourth-order valence-corrected chi connectivity index (χ4v) is 3.05. The van der Waals surface area contributed by atoms with Gasteiger partial charge in [0.1, 0.15) is 17.1 Å². The minimum absolute atomic E-state index is 0.163. The summed E-state index contributed by atoms with van der Waals surface area (Å²) < 4.78 is 30.0. The minimum Gasteiger partial charge on any atom is -0.457 e. The highest BCUT2D eigenvalue weighted by molar-refractivity contribution is 7.51. The molecule has 10 nitrogen and oxygen atoms in total. The van der Waals surface area contributed by atoms with Crippen molar-refractivity contribution in [2.24, 2.45) is 7.05 Å². The third-order valence-electron chi connectivity index (χ3n) is 4.68. The fourth-order valence-electron chi connectivity index (χ4n) is 3.05. The van der Waals surface area contributed by atoms with E-state index in [1.807, 2.05) is 31.2 Å². The van der Waals surface area contributed by atoms with Crippen LogP contribution in [-0.2, 0) is 18.6 Å². The number of nitrogens with zero attached hydrogens (tertiary/aromatic N) is 3. The zero-order valence-corrected chi connectivity index (χ0v) is 19.7. The minimum atomic E-state index is -0.750. The number of hydrogen-bond donors (Lipinski definition) is 1. The average molecular weight is 483 g/mol. The van der Waals surface area contributed by atoms with Crippen LogP contribution in [0.4, 0.5) is 5.82 Å². The lowest BCUT2D eigenvalue weighted by atomic mass is 10.1. The van der Waals surface area contributed by atoms with Crippen molar-refractivity contribution >= 4 is 40.2 Å². The van der Waals surface area contributed by atoms with Crippen molar-refractivity contribution in [1.82, 2.24) is 14.7 Å². The predicted octanol–water partition coefficient (Wildman–Crippen LogP) is 3.55. The lowest BCUT2D eigenvalue weighted by molar-refractivity contribution is 0.0799. The van der Waals surface area contributed by atoms with E-state index in [0.29, 0.717) is 33.8 Å². The van der Waals surface area contributed by atoms with Crippen molar-refractivity contribution in [3.8, 4) is 11.5 Å². The summed E-state index contributed by atoms with van der Waals surface area (Å²) in [5, 5.41) is 7.51. The van der Waals surface area contributed by atoms with E-state index in [1.54, 1.807) is 56.3 Å². The Kier molecular flexibility index (Phi) is 7.59. The van der Waals surface area contributed by atoms with Crippen LogP contribution in [0.15, 0.2) is 59.1 Å². The van der Waals surface area contributed by atoms with E-state index >= 15 is 0 Å². The van der Waals surface area contributed by atoms with Crippen molar-refractivity contribution in [1.29, 1.82) is 0 Å². The molecule has 0 atom stereocenters. The molecular weight excluding hydrogens is 460 g/mol. The van der Waals surface area contributed by atoms with E-state index in [2.05, 4.69) is 10.4 Å². The topological polar surface area (TPSA) is 124 Å². The fraction of sp³-hybridized carbons (Fsp3) is 0.174. The molecule has 11 heteroatoms. The molecule has 2 aromatic heterocycles. The molecular formula is C23H22N4O6S. The highest BCUT2D eigenvalue weighted by Crippen LogP contribution is 2.34. The van der Waals surface area contributed by atoms with E-state index < -0.39 is 11.6 Å². The van der Waals surface area contributed by atoms with Gasteiger partial charge in [0, 0.05) is 45.0 Å². The summed E-state index contributed by atoms with van der Waals surface area (Å²) in [6.45, 7) is 1.99. The van der Waals surface area contributed by atoms with Crippen molar-refractivity contribution in [3.05, 3.63) is 71.6 Å². The molecule has 4 aromatic rings. The second-order valence-corrected chi connectivity index (χ2v) is 7.64. The number of aromatic nitrogens is 2. The molecule has 2 heterocycles. The maximum atomic E-state index is 12.8. The number of furan rings is 1. The third-order valence-corrected chi connectivity index (χ3v) is 4.68. The smallest absolute Gasteiger partial charge is 0.335 e. The number of fused-ring (bicyclic) bond motifs is 1. The molecule has 0 saturated heterocycles. The van der Waals surface area contributed by atoms with E-state index in [0.717, 1.165) is 5.56 Å². The molecule has 0 saturated carbocycles. The molecule has 0 spiro atoms. The molecule has 0 aliphatic rings. The normalized spacial score (nSPS) is 10.2. The van der Waals surface area contributed by atoms with E-state index in [1.165, 1.54) is 4.90 Å². The first kappa shape index (κ1) is 24.4. The van der Waals surface area contributed by atoms with Gasteiger partial charge < -0.3 is 19.4 Å². The van der Waals surface area contributed by atoms with Crippen LogP contribution in [0.1, 0.15) is 26.5 Å². The van der Waals surface area contributed by atoms with Crippen molar-refractivity contribution in [2.45, 2.75) is 6.92 Å². The first-order valence-electron chi connectivity index (χ1n) is 9.98. The Labute approximate surface area is 198 Å². The summed E-state index contributed by atoms with van der Waals surface area (Å²) in [6.07, 6.45) is 1.73. The van der Waals surface area contributed by atoms with Gasteiger partial charge in [-0.2, -0.15) is 13.5 Å². The summed E-state index contributed by atoms with van der Waals surface area (Å²) in [6, 6.07) is 14.1. The van der Waals surface area contributed by atoms with Crippen LogP contribution in [0, 0.1) is 6.92 Å². The lowest BCUT2D eigenvalue weighted by Gasteiger charge is -2.09. The number of benzene rings is 2. The van der Waals surface area contributed by atoms with Crippen LogP contribution >= 0.6 is 0 Å². The second kappa shape index (κ2) is 10.6. The van der Waals surface area contributed by atoms with Gasteiger partial charge in [0.05, 0.1) is 5.39 Å². The third kappa shape index (κ3) is 5.75. The Morgan fingerprint density at radius 2 is 1.76 bits per heavy atom. The van der Waals surface area contributed by atoms with Gasteiger partial charge in [-0.15, -0.1) is 0 Å². The number of carbonyl (C=O) groups is 2. The Balaban J connectivity index is 0.00000103. The Hall–Kier alpha value is -4.25. The van der Waals surface area contributed by atoms with Crippen LogP contribution in [0.25, 0.3) is 11.0 Å². The van der Waals surface area contributed by atoms with Crippen LogP contribution in [-0.4, -0.2) is 49.0 Å². The summed E-state index contributed by atoms with van der Waals surface area (Å²) in [5.74, 6) is 0.959. The lowest BCUT2D eigenvalue weighted by Crippen LogP contribution is -2.20. The summed E-state index contributed by atoms with van der Waals surface area (Å²) in [7, 11) is 5.05. The predicted molar refractivity (Wildman–Crippen MR) is 126 cm³/mol. The maximum absolute atomic E-state index is 12.8. The summed E-state index contributed by atoms with van der Waals surface area (Å²) in [4.78, 5) is 26.6. The Morgan fingerprint density at radius 3 is 2.35 bits per heavy atom. The van der Waals surface area contributed by atoms with Gasteiger partial charge >= 0.3 is 11.6 Å². The molecule has 2 aromatic carbocycles. The van der Waals surface area contributed by atoms with E-state index in [9.17, 15) is 9.59 Å². The Morgan fingerprint density at radius 1 is 1.09 bits per heavy atom. The largest absolute Gasteiger partial charge is 0.457 e. The van der Waals surface area contributed by atoms with Crippen LogP contribution in [0.2, 0.25) is 0 Å². The van der Waals surface area contributed by atoms with Crippen molar-refractivity contribution in [3.63, 3.8) is 0 Å². The number of carbonyl (C=O) groups excluding carboxylic acids is 2. The number of anilines is 1. The van der Waals surface area contributed by atoms with Crippen LogP contribution in [0.3, 0.4) is 0 Å². The molecule has 0 aliphatic carbocycles. The van der Waals surface area contributed by atoms with E-state index in [4.69, 9.17) is 17.6 Å². The Bertz CT molecular complexity index is 1370. The van der Waals surface area contributed by atoms with Gasteiger partial charge in [-0.3, -0.25) is 14.3 Å². The monoisotopic (exact) mass is 482 g/mol. The van der Waals surface area contributed by atoms with Gasteiger partial charge in [0.15, 0.2) is 11.6 Å². The zero-order chi connectivity index (χ0) is 24.8. The molecule has 4 rings (SSSR count). The molecule has 0 radical (unpaired) electrons. The first-order chi connectivity index (χ1) is 16.2. The van der Waals surface area contributed by atoms with Gasteiger partial charge in [0.2, 0.25) is 0 Å². The number of rotatable bonds is 5.